The van der Waals surface area contributed by atoms with Crippen LogP contribution < -0.4 is 20.1 Å². The Hall–Kier alpha value is -4.95. The van der Waals surface area contributed by atoms with Crippen molar-refractivity contribution in [2.75, 3.05) is 44.7 Å². The molecule has 3 aromatic rings. The van der Waals surface area contributed by atoms with Crippen LogP contribution in [0.2, 0.25) is 0 Å². The molecule has 1 aliphatic carbocycles. The summed E-state index contributed by atoms with van der Waals surface area (Å²) in [6.07, 6.45) is 9.96. The van der Waals surface area contributed by atoms with E-state index in [4.69, 9.17) is 18.9 Å². The number of nitrogens with one attached hydrogen (secondary N) is 2. The summed E-state index contributed by atoms with van der Waals surface area (Å²) in [4.78, 5) is 37.8. The van der Waals surface area contributed by atoms with E-state index in [1.165, 1.54) is 23.3 Å². The predicted octanol–water partition coefficient (Wildman–Crippen LogP) is 6.49. The standard InChI is InChI=1S/C40H54N6O8/c1-5-20-46-26-33(43-44-46)31-12-6-9-29(24-31)17-23-51-32-13-7-10-28(25-32)11-8-18-41-19-22-45(38(48)49)21-16-30-14-15-34(53-39(50)54-40(2,3)4)36-37(30)52-27-35(47)42-36/h5-6,9,12,14-15,24,26,28,32,41H,1,7-8,10-11,13,16-23,25,27H2,2-4H3,(H,42,47)(H,48,49). The lowest BCUT2D eigenvalue weighted by atomic mass is 9.84. The normalized spacial score (nSPS) is 16.8. The maximum atomic E-state index is 12.3. The van der Waals surface area contributed by atoms with Crippen molar-refractivity contribution in [3.63, 3.8) is 0 Å². The number of carbonyl (C=O) groups excluding carboxylic acids is 2. The van der Waals surface area contributed by atoms with Crippen molar-refractivity contribution in [2.45, 2.75) is 90.4 Å². The summed E-state index contributed by atoms with van der Waals surface area (Å²) in [5.74, 6) is 0.677. The highest BCUT2D eigenvalue weighted by atomic mass is 16.7. The minimum atomic E-state index is -1.01. The van der Waals surface area contributed by atoms with Crippen LogP contribution in [0.5, 0.6) is 11.5 Å². The molecular formula is C40H54N6O8. The fourth-order valence-electron chi connectivity index (χ4n) is 6.80. The Morgan fingerprint density at radius 2 is 2.02 bits per heavy atom. The number of carboxylic acid groups (broad SMARTS) is 1. The summed E-state index contributed by atoms with van der Waals surface area (Å²) in [5.41, 5.74) is 3.27. The molecule has 2 atom stereocenters. The second kappa shape index (κ2) is 19.4. The highest BCUT2D eigenvalue weighted by Gasteiger charge is 2.27. The first kappa shape index (κ1) is 40.2. The van der Waals surface area contributed by atoms with Crippen LogP contribution in [0.25, 0.3) is 11.3 Å². The van der Waals surface area contributed by atoms with Gasteiger partial charge in [0.25, 0.3) is 5.91 Å². The largest absolute Gasteiger partial charge is 0.514 e. The lowest BCUT2D eigenvalue weighted by Crippen LogP contribution is -2.37. The average molecular weight is 747 g/mol. The smallest absolute Gasteiger partial charge is 0.481 e. The Morgan fingerprint density at radius 3 is 2.81 bits per heavy atom. The van der Waals surface area contributed by atoms with Gasteiger partial charge in [-0.2, -0.15) is 0 Å². The molecule has 3 N–H and O–H groups in total. The van der Waals surface area contributed by atoms with Crippen LogP contribution in [0, 0.1) is 5.92 Å². The summed E-state index contributed by atoms with van der Waals surface area (Å²) >= 11 is 0. The molecule has 2 aromatic carbocycles. The van der Waals surface area contributed by atoms with Crippen LogP contribution in [-0.4, -0.2) is 94.3 Å². The number of hydrogen-bond donors (Lipinski definition) is 3. The Morgan fingerprint density at radius 1 is 1.17 bits per heavy atom. The zero-order valence-electron chi connectivity index (χ0n) is 31.7. The van der Waals surface area contributed by atoms with Crippen LogP contribution in [0.3, 0.4) is 0 Å². The molecule has 5 rings (SSSR count). The summed E-state index contributed by atoms with van der Waals surface area (Å²) in [6, 6.07) is 11.6. The van der Waals surface area contributed by atoms with E-state index in [1.54, 1.807) is 43.7 Å². The number of ether oxygens (including phenoxy) is 4. The summed E-state index contributed by atoms with van der Waals surface area (Å²) in [5, 5.41) is 24.4. The molecule has 0 radical (unpaired) electrons. The van der Waals surface area contributed by atoms with E-state index in [1.807, 2.05) is 6.20 Å². The Bertz CT molecular complexity index is 1740. The van der Waals surface area contributed by atoms with Crippen LogP contribution in [0.1, 0.15) is 70.4 Å². The number of carbonyl (C=O) groups is 3. The molecule has 2 aliphatic rings. The van der Waals surface area contributed by atoms with Gasteiger partial charge in [-0.15, -0.1) is 11.7 Å². The van der Waals surface area contributed by atoms with Crippen LogP contribution in [0.4, 0.5) is 15.3 Å². The van der Waals surface area contributed by atoms with Crippen molar-refractivity contribution in [3.05, 3.63) is 66.4 Å². The molecule has 1 aliphatic heterocycles. The summed E-state index contributed by atoms with van der Waals surface area (Å²) < 4.78 is 24.4. The average Bonchev–Trinajstić information content (AvgIpc) is 3.60. The third-order valence-corrected chi connectivity index (χ3v) is 9.40. The maximum Gasteiger partial charge on any atom is 0.514 e. The number of amides is 2. The van der Waals surface area contributed by atoms with Gasteiger partial charge in [0.15, 0.2) is 18.1 Å². The molecule has 292 valence electrons. The van der Waals surface area contributed by atoms with E-state index >= 15 is 0 Å². The van der Waals surface area contributed by atoms with E-state index in [9.17, 15) is 19.5 Å². The monoisotopic (exact) mass is 746 g/mol. The van der Waals surface area contributed by atoms with Crippen molar-refractivity contribution in [2.24, 2.45) is 5.92 Å². The summed E-state index contributed by atoms with van der Waals surface area (Å²) in [6.45, 7) is 11.9. The van der Waals surface area contributed by atoms with E-state index in [0.29, 0.717) is 49.9 Å². The number of nitrogens with zero attached hydrogens (tertiary/aromatic N) is 4. The molecule has 14 nitrogen and oxygen atoms in total. The lowest BCUT2D eigenvalue weighted by Gasteiger charge is -2.29. The molecule has 2 amide bonds. The third-order valence-electron chi connectivity index (χ3n) is 9.40. The van der Waals surface area contributed by atoms with E-state index < -0.39 is 17.8 Å². The minimum Gasteiger partial charge on any atom is -0.481 e. The van der Waals surface area contributed by atoms with Gasteiger partial charge in [0.05, 0.1) is 25.5 Å². The molecular weight excluding hydrogens is 692 g/mol. The van der Waals surface area contributed by atoms with E-state index in [2.05, 4.69) is 51.8 Å². The second-order valence-corrected chi connectivity index (χ2v) is 14.8. The zero-order valence-corrected chi connectivity index (χ0v) is 31.7. The van der Waals surface area contributed by atoms with Crippen molar-refractivity contribution in [1.82, 2.24) is 25.2 Å². The topological polar surface area (TPSA) is 166 Å². The van der Waals surface area contributed by atoms with Crippen molar-refractivity contribution < 1.29 is 38.4 Å². The Labute approximate surface area is 317 Å². The van der Waals surface area contributed by atoms with E-state index in [-0.39, 0.29) is 36.6 Å². The first-order chi connectivity index (χ1) is 26.0. The number of hydrogen-bond acceptors (Lipinski definition) is 10. The van der Waals surface area contributed by atoms with E-state index in [0.717, 1.165) is 49.9 Å². The molecule has 2 unspecified atom stereocenters. The van der Waals surface area contributed by atoms with Crippen molar-refractivity contribution in [1.29, 1.82) is 0 Å². The molecule has 14 heteroatoms. The molecule has 2 heterocycles. The second-order valence-electron chi connectivity index (χ2n) is 14.8. The maximum absolute atomic E-state index is 12.3. The number of allylic oxidation sites excluding steroid dienone is 1. The molecule has 0 saturated heterocycles. The zero-order chi connectivity index (χ0) is 38.5. The SMILES string of the molecule is C=CCn1cc(-c2cccc(CCOC3CCCC(CCCNCCN(CCc4ccc(OC(=O)OC(C)(C)C)c5c4OCC(=O)N5)C(=O)O)C3)c2)nn1. The van der Waals surface area contributed by atoms with Crippen LogP contribution in [0.15, 0.2) is 55.3 Å². The first-order valence-corrected chi connectivity index (χ1v) is 18.9. The molecule has 0 bridgehead atoms. The molecule has 54 heavy (non-hydrogen) atoms. The predicted molar refractivity (Wildman–Crippen MR) is 204 cm³/mol. The number of benzene rings is 2. The minimum absolute atomic E-state index is 0.0901. The molecule has 1 fully saturated rings. The van der Waals surface area contributed by atoms with Gasteiger partial charge in [0.2, 0.25) is 0 Å². The summed E-state index contributed by atoms with van der Waals surface area (Å²) in [7, 11) is 0. The van der Waals surface area contributed by atoms with Gasteiger partial charge in [-0.1, -0.05) is 48.4 Å². The van der Waals surface area contributed by atoms with Gasteiger partial charge in [-0.05, 0) is 95.0 Å². The third kappa shape index (κ3) is 12.3. The quantitative estimate of drug-likeness (QED) is 0.0564. The van der Waals surface area contributed by atoms with Gasteiger partial charge in [0, 0.05) is 25.2 Å². The highest BCUT2D eigenvalue weighted by molar-refractivity contribution is 5.98. The van der Waals surface area contributed by atoms with Crippen LogP contribution in [-0.2, 0) is 33.7 Å². The Kier molecular flexibility index (Phi) is 14.5. The fraction of sp³-hybridized carbons (Fsp3) is 0.525. The molecule has 1 aromatic heterocycles. The van der Waals surface area contributed by atoms with Gasteiger partial charge >= 0.3 is 12.2 Å². The van der Waals surface area contributed by atoms with Gasteiger partial charge < -0.3 is 39.6 Å². The van der Waals surface area contributed by atoms with Crippen molar-refractivity contribution >= 4 is 23.8 Å². The van der Waals surface area contributed by atoms with Crippen LogP contribution >= 0.6 is 0 Å². The number of rotatable bonds is 18. The van der Waals surface area contributed by atoms with Gasteiger partial charge in [-0.25, -0.2) is 14.3 Å². The lowest BCUT2D eigenvalue weighted by molar-refractivity contribution is -0.118. The molecule has 0 spiro atoms. The number of anilines is 1. The van der Waals surface area contributed by atoms with Gasteiger partial charge in [-0.3, -0.25) is 4.79 Å². The fourth-order valence-corrected chi connectivity index (χ4v) is 6.80. The number of aromatic nitrogens is 3. The molecule has 1 saturated carbocycles. The number of fused-ring (bicyclic) bond motifs is 1. The van der Waals surface area contributed by atoms with Gasteiger partial charge in [0.1, 0.15) is 17.0 Å². The van der Waals surface area contributed by atoms with Crippen molar-refractivity contribution in [3.8, 4) is 22.8 Å². The highest BCUT2D eigenvalue weighted by Crippen LogP contribution is 2.40. The Balaban J connectivity index is 0.996. The first-order valence-electron chi connectivity index (χ1n) is 18.9.